The second kappa shape index (κ2) is 13.7. The molecule has 3 amide bonds. The molecular formula is C26H27ClN2O7S. The van der Waals surface area contributed by atoms with Crippen molar-refractivity contribution in [3.05, 3.63) is 58.0 Å². The zero-order valence-electron chi connectivity index (χ0n) is 20.5. The number of nitrogens with zero attached hydrogens (tertiary/aromatic N) is 1. The van der Waals surface area contributed by atoms with Crippen LogP contribution in [0.15, 0.2) is 47.4 Å². The van der Waals surface area contributed by atoms with E-state index in [4.69, 9.17) is 25.8 Å². The molecule has 0 atom stereocenters. The molecule has 0 aliphatic carbocycles. The highest BCUT2D eigenvalue weighted by molar-refractivity contribution is 8.18. The molecule has 0 bridgehead atoms. The SMILES string of the molecule is CCCCOC(=O)CN1C(=O)SC(=Cc2ccc(OCC(=O)Nc3ccc(Cl)cc3)c(OCC)c2)C1=O. The summed E-state index contributed by atoms with van der Waals surface area (Å²) in [7, 11) is 0. The molecule has 0 spiro atoms. The van der Waals surface area contributed by atoms with Gasteiger partial charge in [0.05, 0.1) is 18.1 Å². The van der Waals surface area contributed by atoms with Crippen LogP contribution in [-0.2, 0) is 19.1 Å². The molecule has 1 aliphatic heterocycles. The zero-order chi connectivity index (χ0) is 26.8. The first-order chi connectivity index (χ1) is 17.8. The molecule has 1 saturated heterocycles. The van der Waals surface area contributed by atoms with E-state index in [-0.39, 0.29) is 24.0 Å². The summed E-state index contributed by atoms with van der Waals surface area (Å²) in [6.45, 7) is 3.67. The maximum Gasteiger partial charge on any atom is 0.326 e. The number of hydrogen-bond acceptors (Lipinski definition) is 8. The Labute approximate surface area is 224 Å². The van der Waals surface area contributed by atoms with E-state index >= 15 is 0 Å². The maximum absolute atomic E-state index is 12.7. The fourth-order valence-electron chi connectivity index (χ4n) is 3.17. The number of carbonyl (C=O) groups is 4. The molecule has 1 heterocycles. The molecule has 2 aromatic carbocycles. The van der Waals surface area contributed by atoms with Crippen LogP contribution in [0, 0.1) is 0 Å². The first kappa shape index (κ1) is 28.1. The van der Waals surface area contributed by atoms with Crippen LogP contribution in [0.2, 0.25) is 5.02 Å². The summed E-state index contributed by atoms with van der Waals surface area (Å²) in [6, 6.07) is 11.6. The van der Waals surface area contributed by atoms with Gasteiger partial charge < -0.3 is 19.5 Å². The highest BCUT2D eigenvalue weighted by Gasteiger charge is 2.36. The third-order valence-electron chi connectivity index (χ3n) is 4.97. The van der Waals surface area contributed by atoms with Crippen molar-refractivity contribution >= 4 is 58.1 Å². The van der Waals surface area contributed by atoms with Gasteiger partial charge in [-0.3, -0.25) is 24.1 Å². The second-order valence-electron chi connectivity index (χ2n) is 7.82. The van der Waals surface area contributed by atoms with Gasteiger partial charge in [-0.25, -0.2) is 0 Å². The lowest BCUT2D eigenvalue weighted by atomic mass is 10.2. The first-order valence-electron chi connectivity index (χ1n) is 11.7. The number of anilines is 1. The Balaban J connectivity index is 1.65. The fourth-order valence-corrected chi connectivity index (χ4v) is 4.13. The van der Waals surface area contributed by atoms with Crippen molar-refractivity contribution in [3.63, 3.8) is 0 Å². The van der Waals surface area contributed by atoms with Crippen LogP contribution in [0.25, 0.3) is 6.08 Å². The van der Waals surface area contributed by atoms with E-state index in [1.165, 1.54) is 6.08 Å². The van der Waals surface area contributed by atoms with Gasteiger partial charge in [0.15, 0.2) is 18.1 Å². The van der Waals surface area contributed by atoms with E-state index in [2.05, 4.69) is 5.32 Å². The van der Waals surface area contributed by atoms with Crippen molar-refractivity contribution in [2.75, 3.05) is 31.7 Å². The van der Waals surface area contributed by atoms with Crippen molar-refractivity contribution in [2.45, 2.75) is 26.7 Å². The number of benzene rings is 2. The minimum absolute atomic E-state index is 0.171. The first-order valence-corrected chi connectivity index (χ1v) is 12.9. The number of ether oxygens (including phenoxy) is 3. The predicted molar refractivity (Wildman–Crippen MR) is 142 cm³/mol. The van der Waals surface area contributed by atoms with Gasteiger partial charge in [-0.05, 0) is 73.1 Å². The molecule has 11 heteroatoms. The molecule has 0 saturated carbocycles. The number of amides is 3. The number of carbonyl (C=O) groups excluding carboxylic acids is 4. The number of rotatable bonds is 12. The van der Waals surface area contributed by atoms with E-state index in [1.807, 2.05) is 6.92 Å². The van der Waals surface area contributed by atoms with E-state index in [0.717, 1.165) is 23.1 Å². The molecule has 37 heavy (non-hydrogen) atoms. The van der Waals surface area contributed by atoms with E-state index in [0.29, 0.717) is 40.8 Å². The summed E-state index contributed by atoms with van der Waals surface area (Å²) in [5, 5.41) is 2.73. The smallest absolute Gasteiger partial charge is 0.326 e. The summed E-state index contributed by atoms with van der Waals surface area (Å²) in [4.78, 5) is 50.3. The molecule has 0 aromatic heterocycles. The van der Waals surface area contributed by atoms with Crippen molar-refractivity contribution in [2.24, 2.45) is 0 Å². The number of esters is 1. The van der Waals surface area contributed by atoms with E-state index < -0.39 is 23.7 Å². The largest absolute Gasteiger partial charge is 0.490 e. The maximum atomic E-state index is 12.7. The number of thioether (sulfide) groups is 1. The summed E-state index contributed by atoms with van der Waals surface area (Å²) in [5.41, 5.74) is 1.17. The number of halogens is 1. The Morgan fingerprint density at radius 2 is 1.81 bits per heavy atom. The Hall–Kier alpha value is -3.50. The van der Waals surface area contributed by atoms with Gasteiger partial charge in [-0.2, -0.15) is 0 Å². The van der Waals surface area contributed by atoms with Crippen LogP contribution >= 0.6 is 23.4 Å². The van der Waals surface area contributed by atoms with E-state index in [9.17, 15) is 19.2 Å². The number of nitrogens with one attached hydrogen (secondary N) is 1. The Morgan fingerprint density at radius 1 is 1.05 bits per heavy atom. The number of imide groups is 1. The third-order valence-corrected chi connectivity index (χ3v) is 6.13. The predicted octanol–water partition coefficient (Wildman–Crippen LogP) is 5.14. The summed E-state index contributed by atoms with van der Waals surface area (Å²) < 4.78 is 16.3. The minimum Gasteiger partial charge on any atom is -0.490 e. The lowest BCUT2D eigenvalue weighted by Crippen LogP contribution is -2.34. The number of unbranched alkanes of at least 4 members (excludes halogenated alkanes) is 1. The fraction of sp³-hybridized carbons (Fsp3) is 0.308. The monoisotopic (exact) mass is 546 g/mol. The highest BCUT2D eigenvalue weighted by Crippen LogP contribution is 2.34. The lowest BCUT2D eigenvalue weighted by molar-refractivity contribution is -0.146. The van der Waals surface area contributed by atoms with Crippen molar-refractivity contribution in [3.8, 4) is 11.5 Å². The molecule has 0 radical (unpaired) electrons. The quantitative estimate of drug-likeness (QED) is 0.221. The van der Waals surface area contributed by atoms with E-state index in [1.54, 1.807) is 49.4 Å². The van der Waals surface area contributed by atoms with Gasteiger partial charge in [0.1, 0.15) is 6.54 Å². The Kier molecular flexibility index (Phi) is 10.4. The topological polar surface area (TPSA) is 111 Å². The average molecular weight is 547 g/mol. The normalized spacial score (nSPS) is 14.1. The number of hydrogen-bond donors (Lipinski definition) is 1. The minimum atomic E-state index is -0.628. The molecular weight excluding hydrogens is 520 g/mol. The van der Waals surface area contributed by atoms with Gasteiger partial charge in [-0.1, -0.05) is 31.0 Å². The van der Waals surface area contributed by atoms with Crippen molar-refractivity contribution in [1.82, 2.24) is 4.90 Å². The van der Waals surface area contributed by atoms with Crippen molar-refractivity contribution in [1.29, 1.82) is 0 Å². The summed E-state index contributed by atoms with van der Waals surface area (Å²) in [6.07, 6.45) is 3.11. The van der Waals surface area contributed by atoms with Crippen LogP contribution in [0.4, 0.5) is 10.5 Å². The molecule has 3 rings (SSSR count). The third kappa shape index (κ3) is 8.26. The Morgan fingerprint density at radius 3 is 2.51 bits per heavy atom. The van der Waals surface area contributed by atoms with Crippen LogP contribution in [0.3, 0.4) is 0 Å². The average Bonchev–Trinajstić information content (AvgIpc) is 3.12. The second-order valence-corrected chi connectivity index (χ2v) is 9.25. The molecule has 0 unspecified atom stereocenters. The zero-order valence-corrected chi connectivity index (χ0v) is 22.0. The van der Waals surface area contributed by atoms with Gasteiger partial charge in [0.2, 0.25) is 0 Å². The molecule has 196 valence electrons. The highest BCUT2D eigenvalue weighted by atomic mass is 35.5. The van der Waals surface area contributed by atoms with Crippen molar-refractivity contribution < 1.29 is 33.4 Å². The molecule has 1 aliphatic rings. The summed E-state index contributed by atoms with van der Waals surface area (Å²) in [5.74, 6) is -0.852. The van der Waals surface area contributed by atoms with Gasteiger partial charge >= 0.3 is 5.97 Å². The standard InChI is InChI=1S/C26H27ClN2O7S/c1-3-5-12-35-24(31)15-29-25(32)22(37-26(29)33)14-17-6-11-20(21(13-17)34-4-2)36-16-23(30)28-19-9-7-18(27)8-10-19/h6-11,13-14H,3-5,12,15-16H2,1-2H3,(H,28,30). The van der Waals surface area contributed by atoms with Crippen LogP contribution in [-0.4, -0.2) is 54.3 Å². The molecule has 1 N–H and O–H groups in total. The van der Waals surface area contributed by atoms with Gasteiger partial charge in [0.25, 0.3) is 17.1 Å². The molecule has 9 nitrogen and oxygen atoms in total. The molecule has 2 aromatic rings. The van der Waals surface area contributed by atoms with Gasteiger partial charge in [-0.15, -0.1) is 0 Å². The van der Waals surface area contributed by atoms with Gasteiger partial charge in [0, 0.05) is 10.7 Å². The lowest BCUT2D eigenvalue weighted by Gasteiger charge is -2.13. The van der Waals surface area contributed by atoms with Crippen LogP contribution in [0.1, 0.15) is 32.3 Å². The summed E-state index contributed by atoms with van der Waals surface area (Å²) >= 11 is 6.60. The van der Waals surface area contributed by atoms with Crippen LogP contribution < -0.4 is 14.8 Å². The Bertz CT molecular complexity index is 1180. The van der Waals surface area contributed by atoms with Crippen LogP contribution in [0.5, 0.6) is 11.5 Å². The molecule has 1 fully saturated rings.